The van der Waals surface area contributed by atoms with Gasteiger partial charge in [-0.1, -0.05) is 32.8 Å². The van der Waals surface area contributed by atoms with Crippen LogP contribution in [0.3, 0.4) is 0 Å². The van der Waals surface area contributed by atoms with E-state index in [1.54, 1.807) is 0 Å². The first-order valence-electron chi connectivity index (χ1n) is 4.56. The lowest BCUT2D eigenvalue weighted by molar-refractivity contribution is 0.360. The van der Waals surface area contributed by atoms with Crippen molar-refractivity contribution >= 4 is 0 Å². The van der Waals surface area contributed by atoms with Crippen LogP contribution >= 0.6 is 0 Å². The first-order chi connectivity index (χ1) is 4.92. The van der Waals surface area contributed by atoms with Gasteiger partial charge in [0, 0.05) is 0 Å². The summed E-state index contributed by atoms with van der Waals surface area (Å²) < 4.78 is 0. The highest BCUT2D eigenvalue weighted by atomic mass is 14.1. The van der Waals surface area contributed by atoms with Gasteiger partial charge in [0.15, 0.2) is 0 Å². The summed E-state index contributed by atoms with van der Waals surface area (Å²) in [6.07, 6.45) is 5.19. The monoisotopic (exact) mass is 154 g/mol. The van der Waals surface area contributed by atoms with E-state index in [4.69, 9.17) is 0 Å². The van der Waals surface area contributed by atoms with Gasteiger partial charge in [-0.15, -0.1) is 6.58 Å². The van der Waals surface area contributed by atoms with E-state index in [9.17, 15) is 0 Å². The Kier molecular flexibility index (Phi) is 4.48. The van der Waals surface area contributed by atoms with Gasteiger partial charge in [0.2, 0.25) is 0 Å². The molecule has 0 spiro atoms. The van der Waals surface area contributed by atoms with Crippen molar-refractivity contribution in [1.29, 1.82) is 0 Å². The average molecular weight is 154 g/mol. The van der Waals surface area contributed by atoms with E-state index in [1.165, 1.54) is 31.3 Å². The van der Waals surface area contributed by atoms with Crippen molar-refractivity contribution in [1.82, 2.24) is 0 Å². The number of allylic oxidation sites excluding steroid dienone is 1. The van der Waals surface area contributed by atoms with Crippen LogP contribution in [0.1, 0.15) is 53.4 Å². The average Bonchev–Trinajstić information content (AvgIpc) is 1.78. The van der Waals surface area contributed by atoms with Gasteiger partial charge < -0.3 is 0 Å². The van der Waals surface area contributed by atoms with E-state index in [1.807, 2.05) is 0 Å². The Bertz CT molecular complexity index is 114. The maximum Gasteiger partial charge on any atom is -0.0326 e. The van der Waals surface area contributed by atoms with Gasteiger partial charge in [-0.3, -0.25) is 0 Å². The molecule has 0 saturated heterocycles. The van der Waals surface area contributed by atoms with Gasteiger partial charge in [0.1, 0.15) is 0 Å². The van der Waals surface area contributed by atoms with E-state index in [0.29, 0.717) is 5.41 Å². The quantitative estimate of drug-likeness (QED) is 0.421. The Morgan fingerprint density at radius 3 is 2.09 bits per heavy atom. The summed E-state index contributed by atoms with van der Waals surface area (Å²) in [5, 5.41) is 0. The lowest BCUT2D eigenvalue weighted by Crippen LogP contribution is -2.03. The first-order valence-corrected chi connectivity index (χ1v) is 4.56. The molecule has 0 amide bonds. The van der Waals surface area contributed by atoms with E-state index in [0.717, 1.165) is 0 Å². The molecule has 0 aliphatic carbocycles. The molecule has 0 unspecified atom stereocenters. The van der Waals surface area contributed by atoms with Crippen molar-refractivity contribution in [3.63, 3.8) is 0 Å². The Morgan fingerprint density at radius 2 is 1.73 bits per heavy atom. The molecule has 0 radical (unpaired) electrons. The zero-order chi connectivity index (χ0) is 8.91. The topological polar surface area (TPSA) is 0 Å². The van der Waals surface area contributed by atoms with Crippen LogP contribution in [0.2, 0.25) is 0 Å². The summed E-state index contributed by atoms with van der Waals surface area (Å²) in [6.45, 7) is 12.9. The Morgan fingerprint density at radius 1 is 1.18 bits per heavy atom. The second kappa shape index (κ2) is 4.58. The van der Waals surface area contributed by atoms with Crippen LogP contribution < -0.4 is 0 Å². The van der Waals surface area contributed by atoms with Crippen LogP contribution in [0.5, 0.6) is 0 Å². The molecular formula is C11H22. The zero-order valence-electron chi connectivity index (χ0n) is 8.54. The molecular weight excluding hydrogens is 132 g/mol. The molecule has 0 rings (SSSR count). The van der Waals surface area contributed by atoms with Gasteiger partial charge in [0.05, 0.1) is 0 Å². The zero-order valence-corrected chi connectivity index (χ0v) is 8.54. The van der Waals surface area contributed by atoms with Gasteiger partial charge >= 0.3 is 0 Å². The molecule has 0 aromatic carbocycles. The highest BCUT2D eigenvalue weighted by molar-refractivity contribution is 4.87. The smallest absolute Gasteiger partial charge is 0.0326 e. The highest BCUT2D eigenvalue weighted by Gasteiger charge is 2.08. The fourth-order valence-electron chi connectivity index (χ4n) is 1.08. The molecule has 0 nitrogen and oxygen atoms in total. The molecule has 0 aliphatic rings. The maximum absolute atomic E-state index is 3.89. The molecule has 0 fully saturated rings. The highest BCUT2D eigenvalue weighted by Crippen LogP contribution is 2.22. The van der Waals surface area contributed by atoms with Crippen molar-refractivity contribution in [3.8, 4) is 0 Å². The lowest BCUT2D eigenvalue weighted by atomic mass is 9.89. The Labute approximate surface area is 71.7 Å². The molecule has 0 aromatic heterocycles. The van der Waals surface area contributed by atoms with Gasteiger partial charge in [0.25, 0.3) is 0 Å². The number of hydrogen-bond acceptors (Lipinski definition) is 0. The molecule has 66 valence electrons. The van der Waals surface area contributed by atoms with Crippen LogP contribution in [-0.4, -0.2) is 0 Å². The van der Waals surface area contributed by atoms with E-state index in [-0.39, 0.29) is 0 Å². The largest absolute Gasteiger partial charge is 0.100 e. The van der Waals surface area contributed by atoms with Crippen LogP contribution in [-0.2, 0) is 0 Å². The van der Waals surface area contributed by atoms with Gasteiger partial charge in [-0.05, 0) is 31.6 Å². The molecule has 0 aliphatic heterocycles. The van der Waals surface area contributed by atoms with E-state index < -0.39 is 0 Å². The SMILES string of the molecule is C=C(C)CCCCC(C)(C)C. The summed E-state index contributed by atoms with van der Waals surface area (Å²) in [4.78, 5) is 0. The predicted molar refractivity (Wildman–Crippen MR) is 52.7 cm³/mol. The maximum atomic E-state index is 3.89. The molecule has 0 N–H and O–H groups in total. The molecule has 0 bridgehead atoms. The van der Waals surface area contributed by atoms with E-state index >= 15 is 0 Å². The summed E-state index contributed by atoms with van der Waals surface area (Å²) in [5.41, 5.74) is 1.83. The minimum absolute atomic E-state index is 0.509. The van der Waals surface area contributed by atoms with Crippen LogP contribution in [0.15, 0.2) is 12.2 Å². The third-order valence-electron chi connectivity index (χ3n) is 1.78. The third kappa shape index (κ3) is 9.74. The van der Waals surface area contributed by atoms with Crippen LogP contribution in [0.4, 0.5) is 0 Å². The predicted octanol–water partition coefficient (Wildman–Crippen LogP) is 4.17. The molecule has 0 heterocycles. The molecule has 0 saturated carbocycles. The standard InChI is InChI=1S/C11H22/c1-10(2)8-6-7-9-11(3,4)5/h1,6-9H2,2-5H3. The summed E-state index contributed by atoms with van der Waals surface area (Å²) in [7, 11) is 0. The Balaban J connectivity index is 3.22. The minimum atomic E-state index is 0.509. The van der Waals surface area contributed by atoms with Crippen molar-refractivity contribution in [2.24, 2.45) is 5.41 Å². The van der Waals surface area contributed by atoms with E-state index in [2.05, 4.69) is 34.3 Å². The fourth-order valence-corrected chi connectivity index (χ4v) is 1.08. The van der Waals surface area contributed by atoms with Gasteiger partial charge in [-0.2, -0.15) is 0 Å². The number of rotatable bonds is 4. The fraction of sp³-hybridized carbons (Fsp3) is 0.818. The third-order valence-corrected chi connectivity index (χ3v) is 1.78. The summed E-state index contributed by atoms with van der Waals surface area (Å²) in [5.74, 6) is 0. The van der Waals surface area contributed by atoms with Crippen LogP contribution in [0.25, 0.3) is 0 Å². The molecule has 11 heavy (non-hydrogen) atoms. The van der Waals surface area contributed by atoms with Gasteiger partial charge in [-0.25, -0.2) is 0 Å². The van der Waals surface area contributed by atoms with Crippen molar-refractivity contribution in [2.75, 3.05) is 0 Å². The Hall–Kier alpha value is -0.260. The second-order valence-electron chi connectivity index (χ2n) is 4.72. The minimum Gasteiger partial charge on any atom is -0.100 e. The molecule has 0 atom stereocenters. The summed E-state index contributed by atoms with van der Waals surface area (Å²) in [6, 6.07) is 0. The number of unbranched alkanes of at least 4 members (excludes halogenated alkanes) is 1. The van der Waals surface area contributed by atoms with Crippen molar-refractivity contribution in [2.45, 2.75) is 53.4 Å². The normalized spacial score (nSPS) is 11.6. The summed E-state index contributed by atoms with van der Waals surface area (Å²) >= 11 is 0. The lowest BCUT2D eigenvalue weighted by Gasteiger charge is -2.17. The van der Waals surface area contributed by atoms with Crippen molar-refractivity contribution in [3.05, 3.63) is 12.2 Å². The van der Waals surface area contributed by atoms with Crippen molar-refractivity contribution < 1.29 is 0 Å². The number of hydrogen-bond donors (Lipinski definition) is 0. The first kappa shape index (κ1) is 10.7. The second-order valence-corrected chi connectivity index (χ2v) is 4.72. The molecule has 0 heteroatoms. The molecule has 0 aromatic rings. The van der Waals surface area contributed by atoms with Crippen LogP contribution in [0, 0.1) is 5.41 Å².